The zero-order valence-electron chi connectivity index (χ0n) is 10.0. The van der Waals surface area contributed by atoms with Gasteiger partial charge in [-0.3, -0.25) is 4.79 Å². The van der Waals surface area contributed by atoms with Crippen LogP contribution in [0, 0.1) is 0 Å². The highest BCUT2D eigenvalue weighted by atomic mass is 16.5. The Morgan fingerprint density at radius 1 is 1.24 bits per heavy atom. The highest BCUT2D eigenvalue weighted by Crippen LogP contribution is 2.23. The van der Waals surface area contributed by atoms with E-state index in [0.29, 0.717) is 6.04 Å². The summed E-state index contributed by atoms with van der Waals surface area (Å²) in [7, 11) is 0. The van der Waals surface area contributed by atoms with Crippen molar-refractivity contribution in [2.24, 2.45) is 0 Å². The summed E-state index contributed by atoms with van der Waals surface area (Å²) in [4.78, 5) is 11.1. The molecule has 0 bridgehead atoms. The van der Waals surface area contributed by atoms with Crippen LogP contribution >= 0.6 is 0 Å². The number of ether oxygens (including phenoxy) is 1. The predicted molar refractivity (Wildman–Crippen MR) is 68.2 cm³/mol. The summed E-state index contributed by atoms with van der Waals surface area (Å²) < 4.78 is 5.32. The molecule has 4 nitrogen and oxygen atoms in total. The maximum Gasteiger partial charge on any atom is 0.221 e. The molecule has 2 rings (SSSR count). The van der Waals surface area contributed by atoms with Crippen LogP contribution in [0.4, 0.5) is 11.4 Å². The molecular formula is C13H18N2O2. The predicted octanol–water partition coefficient (Wildman–Crippen LogP) is 2.24. The van der Waals surface area contributed by atoms with Gasteiger partial charge in [-0.05, 0) is 25.0 Å². The Morgan fingerprint density at radius 2 is 1.88 bits per heavy atom. The van der Waals surface area contributed by atoms with E-state index in [0.717, 1.165) is 37.4 Å². The van der Waals surface area contributed by atoms with Gasteiger partial charge in [0, 0.05) is 26.2 Å². The third-order valence-corrected chi connectivity index (χ3v) is 2.82. The van der Waals surface area contributed by atoms with Crippen molar-refractivity contribution in [3.8, 4) is 0 Å². The second-order valence-electron chi connectivity index (χ2n) is 4.26. The minimum Gasteiger partial charge on any atom is -0.381 e. The van der Waals surface area contributed by atoms with Gasteiger partial charge in [-0.1, -0.05) is 12.1 Å². The van der Waals surface area contributed by atoms with E-state index in [1.807, 2.05) is 24.3 Å². The van der Waals surface area contributed by atoms with E-state index < -0.39 is 0 Å². The topological polar surface area (TPSA) is 50.4 Å². The van der Waals surface area contributed by atoms with Crippen molar-refractivity contribution in [1.82, 2.24) is 0 Å². The van der Waals surface area contributed by atoms with Gasteiger partial charge in [0.05, 0.1) is 11.4 Å². The van der Waals surface area contributed by atoms with Crippen molar-refractivity contribution in [2.75, 3.05) is 23.8 Å². The number of anilines is 2. The molecular weight excluding hydrogens is 216 g/mol. The quantitative estimate of drug-likeness (QED) is 0.843. The zero-order chi connectivity index (χ0) is 12.1. The fourth-order valence-electron chi connectivity index (χ4n) is 1.97. The maximum atomic E-state index is 11.1. The van der Waals surface area contributed by atoms with Crippen LogP contribution in [0.1, 0.15) is 19.8 Å². The van der Waals surface area contributed by atoms with Gasteiger partial charge < -0.3 is 15.4 Å². The molecule has 0 spiro atoms. The molecule has 0 atom stereocenters. The molecule has 92 valence electrons. The molecule has 1 fully saturated rings. The van der Waals surface area contributed by atoms with Crippen molar-refractivity contribution < 1.29 is 9.53 Å². The second kappa shape index (κ2) is 5.68. The molecule has 4 heteroatoms. The summed E-state index contributed by atoms with van der Waals surface area (Å²) in [6, 6.07) is 8.20. The number of hydrogen-bond donors (Lipinski definition) is 2. The monoisotopic (exact) mass is 234 g/mol. The van der Waals surface area contributed by atoms with Gasteiger partial charge in [0.25, 0.3) is 0 Å². The molecule has 1 saturated heterocycles. The van der Waals surface area contributed by atoms with Crippen LogP contribution in [0.3, 0.4) is 0 Å². The van der Waals surface area contributed by atoms with Crippen LogP contribution in [0.5, 0.6) is 0 Å². The van der Waals surface area contributed by atoms with Crippen LogP contribution < -0.4 is 10.6 Å². The molecule has 0 saturated carbocycles. The van der Waals surface area contributed by atoms with Crippen molar-refractivity contribution in [3.63, 3.8) is 0 Å². The lowest BCUT2D eigenvalue weighted by atomic mass is 10.1. The van der Waals surface area contributed by atoms with Crippen molar-refractivity contribution in [2.45, 2.75) is 25.8 Å². The third-order valence-electron chi connectivity index (χ3n) is 2.82. The molecule has 0 aliphatic carbocycles. The molecule has 0 radical (unpaired) electrons. The Labute approximate surface area is 101 Å². The van der Waals surface area contributed by atoms with Gasteiger partial charge in [0.15, 0.2) is 0 Å². The summed E-state index contributed by atoms with van der Waals surface area (Å²) in [5, 5.41) is 6.29. The van der Waals surface area contributed by atoms with Gasteiger partial charge in [-0.15, -0.1) is 0 Å². The average molecular weight is 234 g/mol. The molecule has 1 aliphatic rings. The lowest BCUT2D eigenvalue weighted by Gasteiger charge is -2.25. The summed E-state index contributed by atoms with van der Waals surface area (Å²) in [5.74, 6) is -0.0498. The van der Waals surface area contributed by atoms with Gasteiger partial charge in [0.2, 0.25) is 5.91 Å². The molecule has 1 aliphatic heterocycles. The number of carbonyl (C=O) groups is 1. The van der Waals surface area contributed by atoms with E-state index >= 15 is 0 Å². The first-order valence-electron chi connectivity index (χ1n) is 5.96. The number of hydrogen-bond acceptors (Lipinski definition) is 3. The fourth-order valence-corrected chi connectivity index (χ4v) is 1.97. The Balaban J connectivity index is 2.05. The first-order valence-corrected chi connectivity index (χ1v) is 5.96. The SMILES string of the molecule is CC(=O)Nc1ccccc1NC1CCOCC1. The van der Waals surface area contributed by atoms with Crippen LogP contribution in [-0.4, -0.2) is 25.2 Å². The summed E-state index contributed by atoms with van der Waals surface area (Å²) in [5.41, 5.74) is 1.82. The number of rotatable bonds is 3. The number of benzene rings is 1. The standard InChI is InChI=1S/C13H18N2O2/c1-10(16)14-12-4-2-3-5-13(12)15-11-6-8-17-9-7-11/h2-5,11,15H,6-9H2,1H3,(H,14,16). The first kappa shape index (κ1) is 11.9. The molecule has 1 aromatic carbocycles. The van der Waals surface area contributed by atoms with E-state index in [1.165, 1.54) is 6.92 Å². The highest BCUT2D eigenvalue weighted by molar-refractivity contribution is 5.92. The van der Waals surface area contributed by atoms with Crippen LogP contribution in [0.25, 0.3) is 0 Å². The Hall–Kier alpha value is -1.55. The van der Waals surface area contributed by atoms with Crippen LogP contribution in [-0.2, 0) is 9.53 Å². The Bertz CT molecular complexity index is 387. The number of nitrogens with one attached hydrogen (secondary N) is 2. The molecule has 2 N–H and O–H groups in total. The van der Waals surface area contributed by atoms with E-state index in [1.54, 1.807) is 0 Å². The second-order valence-corrected chi connectivity index (χ2v) is 4.26. The van der Waals surface area contributed by atoms with E-state index in [4.69, 9.17) is 4.74 Å². The summed E-state index contributed by atoms with van der Waals surface area (Å²) >= 11 is 0. The summed E-state index contributed by atoms with van der Waals surface area (Å²) in [6.45, 7) is 3.13. The molecule has 17 heavy (non-hydrogen) atoms. The number of amides is 1. The summed E-state index contributed by atoms with van der Waals surface area (Å²) in [6.07, 6.45) is 2.02. The van der Waals surface area contributed by atoms with E-state index in [-0.39, 0.29) is 5.91 Å². The minimum atomic E-state index is -0.0498. The zero-order valence-corrected chi connectivity index (χ0v) is 10.0. The van der Waals surface area contributed by atoms with Crippen LogP contribution in [0.15, 0.2) is 24.3 Å². The third kappa shape index (κ3) is 3.46. The van der Waals surface area contributed by atoms with Gasteiger partial charge in [-0.2, -0.15) is 0 Å². The van der Waals surface area contributed by atoms with E-state index in [9.17, 15) is 4.79 Å². The normalized spacial score (nSPS) is 16.5. The first-order chi connectivity index (χ1) is 8.25. The molecule has 0 aromatic heterocycles. The average Bonchev–Trinajstić information content (AvgIpc) is 2.32. The van der Waals surface area contributed by atoms with Crippen molar-refractivity contribution in [3.05, 3.63) is 24.3 Å². The molecule has 1 aromatic rings. The van der Waals surface area contributed by atoms with Crippen LogP contribution in [0.2, 0.25) is 0 Å². The smallest absolute Gasteiger partial charge is 0.221 e. The fraction of sp³-hybridized carbons (Fsp3) is 0.462. The van der Waals surface area contributed by atoms with Crippen molar-refractivity contribution in [1.29, 1.82) is 0 Å². The van der Waals surface area contributed by atoms with Gasteiger partial charge >= 0.3 is 0 Å². The largest absolute Gasteiger partial charge is 0.381 e. The lowest BCUT2D eigenvalue weighted by Crippen LogP contribution is -2.28. The Kier molecular flexibility index (Phi) is 3.98. The number of carbonyl (C=O) groups excluding carboxylic acids is 1. The molecule has 1 amide bonds. The Morgan fingerprint density at radius 3 is 2.53 bits per heavy atom. The highest BCUT2D eigenvalue weighted by Gasteiger charge is 2.14. The van der Waals surface area contributed by atoms with Crippen molar-refractivity contribution >= 4 is 17.3 Å². The number of para-hydroxylation sites is 2. The lowest BCUT2D eigenvalue weighted by molar-refractivity contribution is -0.114. The molecule has 1 heterocycles. The van der Waals surface area contributed by atoms with Gasteiger partial charge in [-0.25, -0.2) is 0 Å². The van der Waals surface area contributed by atoms with Gasteiger partial charge in [0.1, 0.15) is 0 Å². The maximum absolute atomic E-state index is 11.1. The molecule has 0 unspecified atom stereocenters. The van der Waals surface area contributed by atoms with E-state index in [2.05, 4.69) is 10.6 Å². The minimum absolute atomic E-state index is 0.0498.